The Kier molecular flexibility index (Phi) is 11.8. The number of carbonyl (C=O) groups excluding carboxylic acids is 4. The normalized spacial score (nSPS) is 13.7. The van der Waals surface area contributed by atoms with Gasteiger partial charge in [-0.3, -0.25) is 24.1 Å². The van der Waals surface area contributed by atoms with Crippen molar-refractivity contribution in [3.63, 3.8) is 0 Å². The SMILES string of the molecule is CC(C)CS(=O)(=O)c1csc(C(=O)Nc2cc(C(=O)Nc3cc(C(=O)Nc4cc(C(=O)NCCN5CCOCC5)n(C)c4)n(C)c3)n(C)c2)c1Cl. The molecule has 15 nitrogen and oxygen atoms in total. The van der Waals surface area contributed by atoms with Gasteiger partial charge in [0.2, 0.25) is 0 Å². The summed E-state index contributed by atoms with van der Waals surface area (Å²) in [5.74, 6) is -2.02. The lowest BCUT2D eigenvalue weighted by molar-refractivity contribution is 0.0383. The second-order valence-electron chi connectivity index (χ2n) is 12.7. The summed E-state index contributed by atoms with van der Waals surface area (Å²) in [6.45, 7) is 7.80. The lowest BCUT2D eigenvalue weighted by atomic mass is 10.3. The van der Waals surface area contributed by atoms with E-state index in [2.05, 4.69) is 26.2 Å². The molecule has 0 unspecified atom stereocenters. The number of amides is 4. The minimum atomic E-state index is -3.66. The number of halogens is 1. The van der Waals surface area contributed by atoms with E-state index in [1.165, 1.54) is 28.3 Å². The molecule has 4 amide bonds. The molecule has 274 valence electrons. The minimum absolute atomic E-state index is 0.0402. The van der Waals surface area contributed by atoms with Gasteiger partial charge in [-0.25, -0.2) is 8.42 Å². The van der Waals surface area contributed by atoms with Crippen LogP contribution in [0, 0.1) is 5.92 Å². The number of hydrogen-bond acceptors (Lipinski definition) is 9. The number of aromatic nitrogens is 3. The van der Waals surface area contributed by atoms with Crippen molar-refractivity contribution in [3.05, 3.63) is 69.2 Å². The van der Waals surface area contributed by atoms with E-state index in [0.29, 0.717) is 42.5 Å². The van der Waals surface area contributed by atoms with Crippen molar-refractivity contribution in [2.45, 2.75) is 18.7 Å². The number of nitrogens with zero attached hydrogens (tertiary/aromatic N) is 4. The van der Waals surface area contributed by atoms with E-state index in [1.807, 2.05) is 0 Å². The van der Waals surface area contributed by atoms with Crippen molar-refractivity contribution in [3.8, 4) is 0 Å². The molecule has 0 aliphatic carbocycles. The highest BCUT2D eigenvalue weighted by atomic mass is 35.5. The van der Waals surface area contributed by atoms with Crippen LogP contribution in [0.5, 0.6) is 0 Å². The van der Waals surface area contributed by atoms with E-state index in [-0.39, 0.29) is 43.8 Å². The number of morpholine rings is 1. The van der Waals surface area contributed by atoms with Crippen LogP contribution in [-0.4, -0.2) is 95.8 Å². The Hall–Kier alpha value is -4.42. The Morgan fingerprint density at radius 1 is 0.804 bits per heavy atom. The van der Waals surface area contributed by atoms with Gasteiger partial charge in [0.1, 0.15) is 22.0 Å². The highest BCUT2D eigenvalue weighted by molar-refractivity contribution is 7.91. The fourth-order valence-corrected chi connectivity index (χ4v) is 9.25. The van der Waals surface area contributed by atoms with E-state index in [4.69, 9.17) is 16.3 Å². The van der Waals surface area contributed by atoms with Gasteiger partial charge in [0.05, 0.1) is 45.9 Å². The van der Waals surface area contributed by atoms with Gasteiger partial charge < -0.3 is 39.7 Å². The molecule has 0 bridgehead atoms. The molecule has 4 aromatic rings. The number of carbonyl (C=O) groups is 4. The van der Waals surface area contributed by atoms with Crippen molar-refractivity contribution < 1.29 is 32.3 Å². The summed E-state index contributed by atoms with van der Waals surface area (Å²) in [6.07, 6.45) is 4.76. The molecule has 1 fully saturated rings. The number of hydrogen-bond donors (Lipinski definition) is 4. The molecule has 0 atom stereocenters. The molecular formula is C33H41ClN8O7S2. The van der Waals surface area contributed by atoms with Crippen molar-refractivity contribution >= 4 is 73.5 Å². The largest absolute Gasteiger partial charge is 0.379 e. The molecule has 51 heavy (non-hydrogen) atoms. The van der Waals surface area contributed by atoms with Crippen LogP contribution in [0.3, 0.4) is 0 Å². The molecule has 4 aromatic heterocycles. The monoisotopic (exact) mass is 760 g/mol. The number of nitrogens with one attached hydrogen (secondary N) is 4. The van der Waals surface area contributed by atoms with E-state index in [1.54, 1.807) is 62.6 Å². The maximum Gasteiger partial charge on any atom is 0.272 e. The molecule has 5 heterocycles. The van der Waals surface area contributed by atoms with Crippen molar-refractivity contribution in [1.82, 2.24) is 23.9 Å². The molecular weight excluding hydrogens is 720 g/mol. The van der Waals surface area contributed by atoms with E-state index < -0.39 is 27.6 Å². The zero-order valence-electron chi connectivity index (χ0n) is 28.9. The molecule has 1 aliphatic heterocycles. The summed E-state index contributed by atoms with van der Waals surface area (Å²) in [7, 11) is 1.35. The number of aryl methyl sites for hydroxylation is 3. The molecule has 0 radical (unpaired) electrons. The summed E-state index contributed by atoms with van der Waals surface area (Å²) in [6, 6.07) is 4.58. The number of rotatable bonds is 13. The topological polar surface area (TPSA) is 178 Å². The van der Waals surface area contributed by atoms with Gasteiger partial charge in [0, 0.05) is 71.3 Å². The van der Waals surface area contributed by atoms with Crippen LogP contribution in [-0.2, 0) is 35.7 Å². The average molecular weight is 761 g/mol. The molecule has 1 aliphatic rings. The first-order valence-corrected chi connectivity index (χ1v) is 19.0. The molecule has 5 rings (SSSR count). The van der Waals surface area contributed by atoms with Gasteiger partial charge in [-0.05, 0) is 24.1 Å². The maximum absolute atomic E-state index is 13.2. The number of anilines is 3. The fourth-order valence-electron chi connectivity index (χ4n) is 5.62. The summed E-state index contributed by atoms with van der Waals surface area (Å²) in [4.78, 5) is 54.4. The van der Waals surface area contributed by atoms with Crippen molar-refractivity contribution in [1.29, 1.82) is 0 Å². The highest BCUT2D eigenvalue weighted by Gasteiger charge is 2.27. The van der Waals surface area contributed by atoms with Gasteiger partial charge in [-0.1, -0.05) is 25.4 Å². The first kappa shape index (κ1) is 37.8. The Bertz CT molecular complexity index is 2050. The van der Waals surface area contributed by atoms with Crippen LogP contribution >= 0.6 is 22.9 Å². The molecule has 0 aromatic carbocycles. The molecule has 0 saturated carbocycles. The summed E-state index contributed by atoms with van der Waals surface area (Å²) < 4.78 is 35.4. The Morgan fingerprint density at radius 2 is 1.27 bits per heavy atom. The van der Waals surface area contributed by atoms with Crippen molar-refractivity contribution in [2.75, 3.05) is 61.1 Å². The van der Waals surface area contributed by atoms with Crippen molar-refractivity contribution in [2.24, 2.45) is 27.1 Å². The first-order valence-electron chi connectivity index (χ1n) is 16.1. The van der Waals surface area contributed by atoms with Crippen LogP contribution in [0.4, 0.5) is 17.1 Å². The third kappa shape index (κ3) is 9.09. The highest BCUT2D eigenvalue weighted by Crippen LogP contribution is 2.33. The lowest BCUT2D eigenvalue weighted by Crippen LogP contribution is -2.41. The van der Waals surface area contributed by atoms with Crippen LogP contribution in [0.1, 0.15) is 55.0 Å². The van der Waals surface area contributed by atoms with Gasteiger partial charge in [0.25, 0.3) is 23.6 Å². The van der Waals surface area contributed by atoms with Crippen LogP contribution in [0.25, 0.3) is 0 Å². The number of sulfone groups is 1. The maximum atomic E-state index is 13.2. The van der Waals surface area contributed by atoms with E-state index >= 15 is 0 Å². The standard InChI is InChI=1S/C33H41ClN8O7S2/c1-20(2)19-51(47,48)27-18-50-29(28(27)34)33(46)38-23-14-26(41(5)17-23)32(45)37-22-13-25(40(4)16-22)31(44)36-21-12-24(39(3)15-21)30(43)35-6-7-42-8-10-49-11-9-42/h12-18,20H,6-11,19H2,1-5H3,(H,35,43)(H,36,44)(H,37,45)(H,38,46). The Labute approximate surface area is 304 Å². The van der Waals surface area contributed by atoms with Gasteiger partial charge >= 0.3 is 0 Å². The fraction of sp³-hybridized carbons (Fsp3) is 0.394. The Balaban J connectivity index is 1.18. The quantitative estimate of drug-likeness (QED) is 0.160. The van der Waals surface area contributed by atoms with Crippen LogP contribution < -0.4 is 21.3 Å². The number of thiophene rings is 1. The smallest absolute Gasteiger partial charge is 0.272 e. The predicted octanol–water partition coefficient (Wildman–Crippen LogP) is 3.67. The zero-order chi connectivity index (χ0) is 37.0. The summed E-state index contributed by atoms with van der Waals surface area (Å²) in [5, 5.41) is 12.4. The number of ether oxygens (including phenoxy) is 1. The van der Waals surface area contributed by atoms with Crippen LogP contribution in [0.15, 0.2) is 47.1 Å². The zero-order valence-corrected chi connectivity index (χ0v) is 31.3. The Morgan fingerprint density at radius 3 is 1.76 bits per heavy atom. The van der Waals surface area contributed by atoms with E-state index in [0.717, 1.165) is 31.0 Å². The molecule has 4 N–H and O–H groups in total. The summed E-state index contributed by atoms with van der Waals surface area (Å²) in [5.41, 5.74) is 1.94. The average Bonchev–Trinajstić information content (AvgIpc) is 3.82. The molecule has 0 spiro atoms. The predicted molar refractivity (Wildman–Crippen MR) is 196 cm³/mol. The minimum Gasteiger partial charge on any atom is -0.379 e. The van der Waals surface area contributed by atoms with Gasteiger partial charge in [0.15, 0.2) is 9.84 Å². The van der Waals surface area contributed by atoms with E-state index in [9.17, 15) is 27.6 Å². The lowest BCUT2D eigenvalue weighted by Gasteiger charge is -2.26. The molecule has 1 saturated heterocycles. The summed E-state index contributed by atoms with van der Waals surface area (Å²) >= 11 is 7.25. The third-order valence-electron chi connectivity index (χ3n) is 8.10. The van der Waals surface area contributed by atoms with Crippen LogP contribution in [0.2, 0.25) is 5.02 Å². The van der Waals surface area contributed by atoms with Gasteiger partial charge in [-0.2, -0.15) is 0 Å². The third-order valence-corrected chi connectivity index (χ3v) is 11.9. The molecule has 18 heteroatoms. The second-order valence-corrected chi connectivity index (χ2v) is 15.9. The van der Waals surface area contributed by atoms with Gasteiger partial charge in [-0.15, -0.1) is 11.3 Å². The first-order chi connectivity index (χ1) is 24.1. The second kappa shape index (κ2) is 15.9.